The fraction of sp³-hybridized carbons (Fsp3) is 0.588. The summed E-state index contributed by atoms with van der Waals surface area (Å²) in [5.41, 5.74) is 6.42. The Balaban J connectivity index is 1.73. The first-order chi connectivity index (χ1) is 10.2. The molecule has 2 N–H and O–H groups in total. The van der Waals surface area contributed by atoms with Crippen LogP contribution in [-0.4, -0.2) is 30.5 Å². The molecule has 1 aromatic carbocycles. The molecule has 1 saturated heterocycles. The maximum Gasteiger partial charge on any atom is 0.217 e. The first kappa shape index (κ1) is 15.8. The van der Waals surface area contributed by atoms with Crippen LogP contribution in [0.4, 0.5) is 0 Å². The molecule has 1 aromatic rings. The number of hydrogen-bond acceptors (Lipinski definition) is 3. The summed E-state index contributed by atoms with van der Waals surface area (Å²) in [6.45, 7) is 4.07. The number of hydrogen-bond donors (Lipinski definition) is 1. The summed E-state index contributed by atoms with van der Waals surface area (Å²) in [7, 11) is 0. The van der Waals surface area contributed by atoms with E-state index < -0.39 is 0 Å². The molecular weight excluding hydrogens is 264 g/mol. The standard InChI is InChI=1S/C17H26N2O2/c18-17(20)9-2-5-12-21-16-8-6-7-15(13-16)14-19-10-3-1-4-11-19/h6-8,13H,1-5,9-12,14H2,(H2,18,20). The number of carbonyl (C=O) groups is 1. The van der Waals surface area contributed by atoms with Gasteiger partial charge in [-0.2, -0.15) is 0 Å². The predicted molar refractivity (Wildman–Crippen MR) is 84.1 cm³/mol. The molecule has 1 aliphatic rings. The van der Waals surface area contributed by atoms with Gasteiger partial charge in [-0.25, -0.2) is 0 Å². The minimum Gasteiger partial charge on any atom is -0.494 e. The fourth-order valence-electron chi connectivity index (χ4n) is 2.70. The van der Waals surface area contributed by atoms with Crippen LogP contribution in [0.2, 0.25) is 0 Å². The third-order valence-electron chi connectivity index (χ3n) is 3.84. The highest BCUT2D eigenvalue weighted by molar-refractivity contribution is 5.73. The number of rotatable bonds is 8. The van der Waals surface area contributed by atoms with Crippen molar-refractivity contribution in [3.63, 3.8) is 0 Å². The van der Waals surface area contributed by atoms with E-state index in [-0.39, 0.29) is 5.91 Å². The molecule has 0 atom stereocenters. The molecule has 4 heteroatoms. The lowest BCUT2D eigenvalue weighted by Gasteiger charge is -2.26. The number of likely N-dealkylation sites (tertiary alicyclic amines) is 1. The Morgan fingerprint density at radius 1 is 1.19 bits per heavy atom. The third-order valence-corrected chi connectivity index (χ3v) is 3.84. The zero-order chi connectivity index (χ0) is 14.9. The summed E-state index contributed by atoms with van der Waals surface area (Å²) < 4.78 is 5.75. The molecule has 1 fully saturated rings. The molecule has 0 aromatic heterocycles. The van der Waals surface area contributed by atoms with E-state index >= 15 is 0 Å². The molecule has 0 aliphatic carbocycles. The van der Waals surface area contributed by atoms with E-state index in [1.165, 1.54) is 37.9 Å². The van der Waals surface area contributed by atoms with Crippen molar-refractivity contribution in [3.8, 4) is 5.75 Å². The van der Waals surface area contributed by atoms with Gasteiger partial charge in [0.1, 0.15) is 5.75 Å². The minimum atomic E-state index is -0.237. The summed E-state index contributed by atoms with van der Waals surface area (Å²) >= 11 is 0. The van der Waals surface area contributed by atoms with Gasteiger partial charge in [0.15, 0.2) is 0 Å². The number of nitrogens with zero attached hydrogens (tertiary/aromatic N) is 1. The number of benzene rings is 1. The van der Waals surface area contributed by atoms with Gasteiger partial charge in [-0.1, -0.05) is 18.6 Å². The molecule has 0 unspecified atom stereocenters. The van der Waals surface area contributed by atoms with Crippen LogP contribution in [0, 0.1) is 0 Å². The maximum atomic E-state index is 10.6. The van der Waals surface area contributed by atoms with Crippen LogP contribution in [0.15, 0.2) is 24.3 Å². The Kier molecular flexibility index (Phi) is 6.54. The smallest absolute Gasteiger partial charge is 0.217 e. The average molecular weight is 290 g/mol. The van der Waals surface area contributed by atoms with Gasteiger partial charge in [0.05, 0.1) is 6.61 Å². The predicted octanol–water partition coefficient (Wildman–Crippen LogP) is 2.71. The Hall–Kier alpha value is -1.55. The summed E-state index contributed by atoms with van der Waals surface area (Å²) in [5, 5.41) is 0. The maximum absolute atomic E-state index is 10.6. The number of primary amides is 1. The summed E-state index contributed by atoms with van der Waals surface area (Å²) in [5.74, 6) is 0.683. The van der Waals surface area contributed by atoms with E-state index in [2.05, 4.69) is 23.1 Å². The van der Waals surface area contributed by atoms with Gasteiger partial charge in [-0.15, -0.1) is 0 Å². The highest BCUT2D eigenvalue weighted by atomic mass is 16.5. The number of carbonyl (C=O) groups excluding carboxylic acids is 1. The fourth-order valence-corrected chi connectivity index (χ4v) is 2.70. The molecule has 116 valence electrons. The van der Waals surface area contributed by atoms with Gasteiger partial charge in [-0.3, -0.25) is 9.69 Å². The second kappa shape index (κ2) is 8.67. The lowest BCUT2D eigenvalue weighted by atomic mass is 10.1. The van der Waals surface area contributed by atoms with Crippen LogP contribution in [0.1, 0.15) is 44.1 Å². The molecule has 2 rings (SSSR count). The molecule has 0 saturated carbocycles. The zero-order valence-corrected chi connectivity index (χ0v) is 12.7. The van der Waals surface area contributed by atoms with Gasteiger partial charge < -0.3 is 10.5 Å². The molecule has 21 heavy (non-hydrogen) atoms. The van der Waals surface area contributed by atoms with Gasteiger partial charge in [0.2, 0.25) is 5.91 Å². The summed E-state index contributed by atoms with van der Waals surface area (Å²) in [4.78, 5) is 13.2. The van der Waals surface area contributed by atoms with Crippen molar-refractivity contribution in [2.24, 2.45) is 5.73 Å². The quantitative estimate of drug-likeness (QED) is 0.749. The van der Waals surface area contributed by atoms with Crippen molar-refractivity contribution in [1.82, 2.24) is 4.90 Å². The molecule has 4 nitrogen and oxygen atoms in total. The molecule has 0 bridgehead atoms. The molecule has 1 heterocycles. The Morgan fingerprint density at radius 2 is 2.00 bits per heavy atom. The van der Waals surface area contributed by atoms with E-state index in [0.29, 0.717) is 13.0 Å². The van der Waals surface area contributed by atoms with Crippen molar-refractivity contribution < 1.29 is 9.53 Å². The molecule has 0 spiro atoms. The van der Waals surface area contributed by atoms with Crippen molar-refractivity contribution in [1.29, 1.82) is 0 Å². The largest absolute Gasteiger partial charge is 0.494 e. The lowest BCUT2D eigenvalue weighted by molar-refractivity contribution is -0.118. The zero-order valence-electron chi connectivity index (χ0n) is 12.7. The third kappa shape index (κ3) is 6.17. The number of nitrogens with two attached hydrogens (primary N) is 1. The van der Waals surface area contributed by atoms with Crippen molar-refractivity contribution in [2.75, 3.05) is 19.7 Å². The van der Waals surface area contributed by atoms with E-state index in [4.69, 9.17) is 10.5 Å². The van der Waals surface area contributed by atoms with E-state index in [1.54, 1.807) is 0 Å². The van der Waals surface area contributed by atoms with Crippen LogP contribution < -0.4 is 10.5 Å². The summed E-state index contributed by atoms with van der Waals surface area (Å²) in [6, 6.07) is 8.34. The molecule has 0 radical (unpaired) electrons. The number of amides is 1. The van der Waals surface area contributed by atoms with Crippen LogP contribution in [0.25, 0.3) is 0 Å². The van der Waals surface area contributed by atoms with Gasteiger partial charge in [0, 0.05) is 13.0 Å². The summed E-state index contributed by atoms with van der Waals surface area (Å²) in [6.07, 6.45) is 6.09. The first-order valence-electron chi connectivity index (χ1n) is 7.96. The number of unbranched alkanes of at least 4 members (excludes halogenated alkanes) is 1. The van der Waals surface area contributed by atoms with E-state index in [1.807, 2.05) is 6.07 Å². The van der Waals surface area contributed by atoms with Crippen LogP contribution in [0.5, 0.6) is 5.75 Å². The molecule has 1 aliphatic heterocycles. The highest BCUT2D eigenvalue weighted by Crippen LogP contribution is 2.17. The second-order valence-electron chi connectivity index (χ2n) is 5.76. The first-order valence-corrected chi connectivity index (χ1v) is 7.96. The van der Waals surface area contributed by atoms with Gasteiger partial charge in [0.25, 0.3) is 0 Å². The van der Waals surface area contributed by atoms with Crippen LogP contribution >= 0.6 is 0 Å². The molecular formula is C17H26N2O2. The van der Waals surface area contributed by atoms with E-state index in [9.17, 15) is 4.79 Å². The topological polar surface area (TPSA) is 55.6 Å². The lowest BCUT2D eigenvalue weighted by Crippen LogP contribution is -2.29. The van der Waals surface area contributed by atoms with E-state index in [0.717, 1.165) is 25.1 Å². The Morgan fingerprint density at radius 3 is 2.76 bits per heavy atom. The minimum absolute atomic E-state index is 0.237. The Labute approximate surface area is 127 Å². The van der Waals surface area contributed by atoms with Gasteiger partial charge >= 0.3 is 0 Å². The Bertz CT molecular complexity index is 442. The van der Waals surface area contributed by atoms with Crippen LogP contribution in [0.3, 0.4) is 0 Å². The van der Waals surface area contributed by atoms with Gasteiger partial charge in [-0.05, 0) is 56.5 Å². The highest BCUT2D eigenvalue weighted by Gasteiger charge is 2.10. The normalized spacial score (nSPS) is 15.8. The number of piperidine rings is 1. The second-order valence-corrected chi connectivity index (χ2v) is 5.76. The number of ether oxygens (including phenoxy) is 1. The average Bonchev–Trinajstić information content (AvgIpc) is 2.48. The van der Waals surface area contributed by atoms with Crippen molar-refractivity contribution in [2.45, 2.75) is 45.1 Å². The monoisotopic (exact) mass is 290 g/mol. The van der Waals surface area contributed by atoms with Crippen molar-refractivity contribution >= 4 is 5.91 Å². The van der Waals surface area contributed by atoms with Crippen molar-refractivity contribution in [3.05, 3.63) is 29.8 Å². The van der Waals surface area contributed by atoms with Crippen LogP contribution in [-0.2, 0) is 11.3 Å². The molecule has 1 amide bonds. The SMILES string of the molecule is NC(=O)CCCCOc1cccc(CN2CCCCC2)c1.